The Morgan fingerprint density at radius 2 is 1.70 bits per heavy atom. The first kappa shape index (κ1) is 15.0. The second kappa shape index (κ2) is 5.52. The highest BCUT2D eigenvalue weighted by Crippen LogP contribution is 2.32. The SMILES string of the molecule is Cc1cc(N)ccc1S(=O)(=O)Nc1c(Cl)cccc1Cl. The predicted octanol–water partition coefficient (Wildman–Crippen LogP) is 3.68. The van der Waals surface area contributed by atoms with E-state index < -0.39 is 10.0 Å². The summed E-state index contributed by atoms with van der Waals surface area (Å²) in [6.07, 6.45) is 0. The largest absolute Gasteiger partial charge is 0.399 e. The molecule has 0 aromatic heterocycles. The second-order valence-corrected chi connectivity index (χ2v) is 6.69. The minimum atomic E-state index is -3.78. The fraction of sp³-hybridized carbons (Fsp3) is 0.0769. The number of para-hydroxylation sites is 1. The molecule has 0 bridgehead atoms. The van der Waals surface area contributed by atoms with Crippen molar-refractivity contribution in [1.29, 1.82) is 0 Å². The highest BCUT2D eigenvalue weighted by molar-refractivity contribution is 7.92. The Morgan fingerprint density at radius 1 is 1.10 bits per heavy atom. The molecule has 0 atom stereocenters. The standard InChI is InChI=1S/C13H12Cl2N2O2S/c1-8-7-9(16)5-6-12(8)20(18,19)17-13-10(14)3-2-4-11(13)15/h2-7,17H,16H2,1H3. The van der Waals surface area contributed by atoms with Gasteiger partial charge in [0, 0.05) is 5.69 Å². The summed E-state index contributed by atoms with van der Waals surface area (Å²) in [5.41, 5.74) is 6.81. The molecule has 106 valence electrons. The number of anilines is 2. The normalized spacial score (nSPS) is 11.3. The summed E-state index contributed by atoms with van der Waals surface area (Å²) in [6, 6.07) is 9.30. The third kappa shape index (κ3) is 3.00. The van der Waals surface area contributed by atoms with Crippen molar-refractivity contribution in [3.8, 4) is 0 Å². The first-order chi connectivity index (χ1) is 9.31. The van der Waals surface area contributed by atoms with Crippen LogP contribution in [-0.2, 0) is 10.0 Å². The van der Waals surface area contributed by atoms with Crippen LogP contribution in [0.4, 0.5) is 11.4 Å². The summed E-state index contributed by atoms with van der Waals surface area (Å²) in [5, 5.41) is 0.461. The Kier molecular flexibility index (Phi) is 4.13. The zero-order valence-corrected chi connectivity index (χ0v) is 12.9. The van der Waals surface area contributed by atoms with E-state index in [4.69, 9.17) is 28.9 Å². The summed E-state index contributed by atoms with van der Waals surface area (Å²) >= 11 is 11.9. The Hall–Kier alpha value is -1.43. The molecule has 0 radical (unpaired) electrons. The third-order valence-electron chi connectivity index (χ3n) is 2.69. The average molecular weight is 331 g/mol. The van der Waals surface area contributed by atoms with Gasteiger partial charge in [0.25, 0.3) is 10.0 Å². The van der Waals surface area contributed by atoms with E-state index in [0.29, 0.717) is 11.3 Å². The third-order valence-corrected chi connectivity index (χ3v) is 4.83. The Bertz CT molecular complexity index is 741. The maximum absolute atomic E-state index is 12.4. The van der Waals surface area contributed by atoms with Crippen LogP contribution in [-0.4, -0.2) is 8.42 Å². The lowest BCUT2D eigenvalue weighted by atomic mass is 10.2. The topological polar surface area (TPSA) is 72.2 Å². The van der Waals surface area contributed by atoms with Crippen LogP contribution in [0, 0.1) is 6.92 Å². The number of sulfonamides is 1. The van der Waals surface area contributed by atoms with Crippen molar-refractivity contribution in [2.24, 2.45) is 0 Å². The van der Waals surface area contributed by atoms with Crippen molar-refractivity contribution < 1.29 is 8.42 Å². The number of benzene rings is 2. The summed E-state index contributed by atoms with van der Waals surface area (Å²) in [5.74, 6) is 0. The monoisotopic (exact) mass is 330 g/mol. The molecule has 0 amide bonds. The molecule has 2 aromatic rings. The van der Waals surface area contributed by atoms with Crippen molar-refractivity contribution in [3.05, 3.63) is 52.0 Å². The molecule has 0 heterocycles. The van der Waals surface area contributed by atoms with E-state index in [1.165, 1.54) is 12.1 Å². The van der Waals surface area contributed by atoms with E-state index in [2.05, 4.69) is 4.72 Å². The number of aryl methyl sites for hydroxylation is 1. The minimum Gasteiger partial charge on any atom is -0.399 e. The first-order valence-corrected chi connectivity index (χ1v) is 7.88. The fourth-order valence-electron chi connectivity index (χ4n) is 1.76. The zero-order valence-electron chi connectivity index (χ0n) is 10.5. The number of nitrogens with one attached hydrogen (secondary N) is 1. The maximum Gasteiger partial charge on any atom is 0.262 e. The molecule has 0 saturated heterocycles. The second-order valence-electron chi connectivity index (χ2n) is 4.23. The van der Waals surface area contributed by atoms with Crippen molar-refractivity contribution >= 4 is 44.6 Å². The number of halogens is 2. The van der Waals surface area contributed by atoms with Gasteiger partial charge in [-0.15, -0.1) is 0 Å². The summed E-state index contributed by atoms with van der Waals surface area (Å²) < 4.78 is 27.1. The van der Waals surface area contributed by atoms with Crippen LogP contribution in [0.15, 0.2) is 41.3 Å². The number of nitrogens with two attached hydrogens (primary N) is 1. The Morgan fingerprint density at radius 3 is 2.25 bits per heavy atom. The fourth-order valence-corrected chi connectivity index (χ4v) is 3.69. The summed E-state index contributed by atoms with van der Waals surface area (Å²) in [7, 11) is -3.78. The van der Waals surface area contributed by atoms with Gasteiger partial charge in [0.05, 0.1) is 20.6 Å². The summed E-state index contributed by atoms with van der Waals surface area (Å²) in [4.78, 5) is 0.127. The average Bonchev–Trinajstić information content (AvgIpc) is 2.33. The van der Waals surface area contributed by atoms with E-state index in [9.17, 15) is 8.42 Å². The van der Waals surface area contributed by atoms with E-state index in [-0.39, 0.29) is 20.6 Å². The highest BCUT2D eigenvalue weighted by Gasteiger charge is 2.19. The molecule has 0 aliphatic rings. The molecule has 0 saturated carbocycles. The number of hydrogen-bond donors (Lipinski definition) is 2. The van der Waals surface area contributed by atoms with Crippen molar-refractivity contribution in [1.82, 2.24) is 0 Å². The van der Waals surface area contributed by atoms with Gasteiger partial charge in [-0.05, 0) is 42.8 Å². The van der Waals surface area contributed by atoms with Crippen molar-refractivity contribution in [2.45, 2.75) is 11.8 Å². The maximum atomic E-state index is 12.4. The predicted molar refractivity (Wildman–Crippen MR) is 82.9 cm³/mol. The molecule has 0 spiro atoms. The van der Waals surface area contributed by atoms with Crippen LogP contribution in [0.1, 0.15) is 5.56 Å². The molecule has 3 N–H and O–H groups in total. The van der Waals surface area contributed by atoms with Crippen molar-refractivity contribution in [3.63, 3.8) is 0 Å². The summed E-state index contributed by atoms with van der Waals surface area (Å²) in [6.45, 7) is 1.67. The lowest BCUT2D eigenvalue weighted by molar-refractivity contribution is 0.600. The molecular weight excluding hydrogens is 319 g/mol. The van der Waals surface area contributed by atoms with Crippen LogP contribution < -0.4 is 10.5 Å². The number of hydrogen-bond acceptors (Lipinski definition) is 3. The molecule has 0 unspecified atom stereocenters. The van der Waals surface area contributed by atoms with Gasteiger partial charge in [0.2, 0.25) is 0 Å². The number of nitrogen functional groups attached to an aromatic ring is 1. The van der Waals surface area contributed by atoms with Crippen LogP contribution >= 0.6 is 23.2 Å². The van der Waals surface area contributed by atoms with Crippen LogP contribution in [0.5, 0.6) is 0 Å². The van der Waals surface area contributed by atoms with Gasteiger partial charge in [-0.1, -0.05) is 29.3 Å². The van der Waals surface area contributed by atoms with Gasteiger partial charge in [0.15, 0.2) is 0 Å². The van der Waals surface area contributed by atoms with Gasteiger partial charge < -0.3 is 5.73 Å². The van der Waals surface area contributed by atoms with E-state index in [0.717, 1.165) is 0 Å². The lowest BCUT2D eigenvalue weighted by Crippen LogP contribution is -2.15. The van der Waals surface area contributed by atoms with Gasteiger partial charge in [-0.3, -0.25) is 4.72 Å². The lowest BCUT2D eigenvalue weighted by Gasteiger charge is -2.13. The molecule has 0 aliphatic heterocycles. The molecule has 0 fully saturated rings. The molecular formula is C13H12Cl2N2O2S. The molecule has 7 heteroatoms. The highest BCUT2D eigenvalue weighted by atomic mass is 35.5. The Balaban J connectivity index is 2.46. The first-order valence-electron chi connectivity index (χ1n) is 5.64. The smallest absolute Gasteiger partial charge is 0.262 e. The van der Waals surface area contributed by atoms with E-state index in [1.54, 1.807) is 31.2 Å². The Labute approximate surface area is 127 Å². The number of rotatable bonds is 3. The molecule has 2 aromatic carbocycles. The van der Waals surface area contributed by atoms with Gasteiger partial charge in [0.1, 0.15) is 0 Å². The van der Waals surface area contributed by atoms with E-state index >= 15 is 0 Å². The van der Waals surface area contributed by atoms with Crippen LogP contribution in [0.2, 0.25) is 10.0 Å². The van der Waals surface area contributed by atoms with Gasteiger partial charge in [-0.2, -0.15) is 0 Å². The molecule has 4 nitrogen and oxygen atoms in total. The molecule has 20 heavy (non-hydrogen) atoms. The van der Waals surface area contributed by atoms with Gasteiger partial charge in [-0.25, -0.2) is 8.42 Å². The molecule has 2 rings (SSSR count). The van der Waals surface area contributed by atoms with Crippen LogP contribution in [0.3, 0.4) is 0 Å². The quantitative estimate of drug-likeness (QED) is 0.843. The zero-order chi connectivity index (χ0) is 14.9. The van der Waals surface area contributed by atoms with Crippen LogP contribution in [0.25, 0.3) is 0 Å². The minimum absolute atomic E-state index is 0.127. The van der Waals surface area contributed by atoms with Gasteiger partial charge >= 0.3 is 0 Å². The van der Waals surface area contributed by atoms with Crippen molar-refractivity contribution in [2.75, 3.05) is 10.5 Å². The van der Waals surface area contributed by atoms with E-state index in [1.807, 2.05) is 0 Å². The molecule has 0 aliphatic carbocycles.